The summed E-state index contributed by atoms with van der Waals surface area (Å²) in [5.41, 5.74) is 1.04. The van der Waals surface area contributed by atoms with Gasteiger partial charge in [-0.25, -0.2) is 0 Å². The molecule has 1 aliphatic rings. The molecule has 102 valence electrons. The molecule has 1 aromatic rings. The van der Waals surface area contributed by atoms with Gasteiger partial charge in [-0.15, -0.1) is 0 Å². The lowest BCUT2D eigenvalue weighted by molar-refractivity contribution is -0.384. The predicted molar refractivity (Wildman–Crippen MR) is 72.8 cm³/mol. The van der Waals surface area contributed by atoms with E-state index in [1.165, 1.54) is 6.07 Å². The average molecular weight is 262 g/mol. The van der Waals surface area contributed by atoms with Crippen LogP contribution in [0.3, 0.4) is 0 Å². The topological polar surface area (TPSA) is 64.4 Å². The van der Waals surface area contributed by atoms with Gasteiger partial charge in [0.2, 0.25) is 0 Å². The molecule has 5 nitrogen and oxygen atoms in total. The van der Waals surface area contributed by atoms with Crippen LogP contribution in [0, 0.1) is 10.1 Å². The molecule has 2 rings (SSSR count). The molecule has 1 aliphatic heterocycles. The smallest absolute Gasteiger partial charge is 0.269 e. The summed E-state index contributed by atoms with van der Waals surface area (Å²) in [6, 6.07) is 6.79. The molecule has 5 heteroatoms. The number of benzene rings is 1. The van der Waals surface area contributed by atoms with Crippen molar-refractivity contribution in [1.29, 1.82) is 0 Å². The maximum absolute atomic E-state index is 10.7. The third kappa shape index (κ3) is 3.79. The molecule has 2 atom stereocenters. The highest BCUT2D eigenvalue weighted by Gasteiger charge is 2.14. The Kier molecular flexibility index (Phi) is 4.52. The summed E-state index contributed by atoms with van der Waals surface area (Å²) in [4.78, 5) is 10.4. The Morgan fingerprint density at radius 1 is 1.58 bits per heavy atom. The summed E-state index contributed by atoms with van der Waals surface area (Å²) in [6.45, 7) is 2.74. The molecular weight excluding hydrogens is 244 g/mol. The SMILES string of the molecule is CC(NCC1CCC=CO1)c1cccc([N+](=O)[O-])c1. The largest absolute Gasteiger partial charge is 0.497 e. The molecule has 0 aromatic heterocycles. The molecule has 19 heavy (non-hydrogen) atoms. The number of nitrogens with zero attached hydrogens (tertiary/aromatic N) is 1. The Hall–Kier alpha value is -1.88. The van der Waals surface area contributed by atoms with Crippen molar-refractivity contribution in [2.75, 3.05) is 6.54 Å². The minimum absolute atomic E-state index is 0.0643. The Labute approximate surface area is 112 Å². The number of hydrogen-bond donors (Lipinski definition) is 1. The standard InChI is InChI=1S/C14H18N2O3/c1-11(15-10-14-7-2-3-8-19-14)12-5-4-6-13(9-12)16(17)18/h3-6,8-9,11,14-15H,2,7,10H2,1H3. The lowest BCUT2D eigenvalue weighted by Gasteiger charge is -2.22. The van der Waals surface area contributed by atoms with E-state index in [-0.39, 0.29) is 22.8 Å². The van der Waals surface area contributed by atoms with Crippen molar-refractivity contribution in [1.82, 2.24) is 5.32 Å². The summed E-state index contributed by atoms with van der Waals surface area (Å²) in [7, 11) is 0. The highest BCUT2D eigenvalue weighted by molar-refractivity contribution is 5.35. The van der Waals surface area contributed by atoms with Gasteiger partial charge in [-0.3, -0.25) is 10.1 Å². The van der Waals surface area contributed by atoms with Crippen LogP contribution in [0.5, 0.6) is 0 Å². The molecule has 0 spiro atoms. The summed E-state index contributed by atoms with van der Waals surface area (Å²) in [5.74, 6) is 0. The number of nitrogens with one attached hydrogen (secondary N) is 1. The van der Waals surface area contributed by atoms with Gasteiger partial charge in [0.05, 0.1) is 11.2 Å². The van der Waals surface area contributed by atoms with Crippen molar-refractivity contribution in [3.05, 3.63) is 52.3 Å². The Bertz CT molecular complexity index is 474. The van der Waals surface area contributed by atoms with Crippen molar-refractivity contribution in [3.63, 3.8) is 0 Å². The fourth-order valence-corrected chi connectivity index (χ4v) is 2.07. The van der Waals surface area contributed by atoms with Crippen molar-refractivity contribution in [3.8, 4) is 0 Å². The Morgan fingerprint density at radius 2 is 2.42 bits per heavy atom. The van der Waals surface area contributed by atoms with Gasteiger partial charge in [0, 0.05) is 24.7 Å². The molecule has 0 saturated heterocycles. The zero-order chi connectivity index (χ0) is 13.7. The van der Waals surface area contributed by atoms with Crippen LogP contribution in [-0.2, 0) is 4.74 Å². The summed E-state index contributed by atoms with van der Waals surface area (Å²) >= 11 is 0. The van der Waals surface area contributed by atoms with Gasteiger partial charge in [-0.2, -0.15) is 0 Å². The Morgan fingerprint density at radius 3 is 3.11 bits per heavy atom. The number of nitro groups is 1. The monoisotopic (exact) mass is 262 g/mol. The highest BCUT2D eigenvalue weighted by atomic mass is 16.6. The quantitative estimate of drug-likeness (QED) is 0.654. The number of rotatable bonds is 5. The van der Waals surface area contributed by atoms with Crippen LogP contribution >= 0.6 is 0 Å². The van der Waals surface area contributed by atoms with Crippen LogP contribution < -0.4 is 5.32 Å². The second-order valence-electron chi connectivity index (χ2n) is 4.69. The van der Waals surface area contributed by atoms with Crippen LogP contribution in [-0.4, -0.2) is 17.6 Å². The van der Waals surface area contributed by atoms with Gasteiger partial charge in [0.25, 0.3) is 5.69 Å². The van der Waals surface area contributed by atoms with Gasteiger partial charge in [-0.1, -0.05) is 12.1 Å². The normalized spacial score (nSPS) is 19.7. The van der Waals surface area contributed by atoms with Crippen molar-refractivity contribution >= 4 is 5.69 Å². The van der Waals surface area contributed by atoms with E-state index in [4.69, 9.17) is 4.74 Å². The maximum Gasteiger partial charge on any atom is 0.269 e. The van der Waals surface area contributed by atoms with Crippen molar-refractivity contribution in [2.45, 2.75) is 31.9 Å². The minimum atomic E-state index is -0.370. The summed E-state index contributed by atoms with van der Waals surface area (Å²) < 4.78 is 5.47. The number of hydrogen-bond acceptors (Lipinski definition) is 4. The summed E-state index contributed by atoms with van der Waals surface area (Å²) in [5, 5.41) is 14.1. The maximum atomic E-state index is 10.7. The van der Waals surface area contributed by atoms with E-state index in [1.807, 2.05) is 19.1 Å². The van der Waals surface area contributed by atoms with E-state index < -0.39 is 0 Å². The lowest BCUT2D eigenvalue weighted by atomic mass is 10.1. The van der Waals surface area contributed by atoms with Crippen LogP contribution in [0.15, 0.2) is 36.6 Å². The van der Waals surface area contributed by atoms with Crippen LogP contribution in [0.25, 0.3) is 0 Å². The molecular formula is C14H18N2O3. The number of allylic oxidation sites excluding steroid dienone is 1. The molecule has 1 N–H and O–H groups in total. The van der Waals surface area contributed by atoms with Gasteiger partial charge >= 0.3 is 0 Å². The summed E-state index contributed by atoms with van der Waals surface area (Å²) in [6.07, 6.45) is 5.99. The molecule has 1 heterocycles. The molecule has 1 aromatic carbocycles. The molecule has 0 saturated carbocycles. The first-order chi connectivity index (χ1) is 9.16. The van der Waals surface area contributed by atoms with E-state index in [2.05, 4.69) is 5.32 Å². The molecule has 0 fully saturated rings. The first kappa shape index (κ1) is 13.5. The third-order valence-electron chi connectivity index (χ3n) is 3.26. The first-order valence-corrected chi connectivity index (χ1v) is 6.45. The van der Waals surface area contributed by atoms with Gasteiger partial charge in [-0.05, 0) is 31.4 Å². The number of nitro benzene ring substituents is 1. The van der Waals surface area contributed by atoms with Crippen LogP contribution in [0.4, 0.5) is 5.69 Å². The van der Waals surface area contributed by atoms with Crippen LogP contribution in [0.2, 0.25) is 0 Å². The van der Waals surface area contributed by atoms with Crippen molar-refractivity contribution < 1.29 is 9.66 Å². The minimum Gasteiger partial charge on any atom is -0.497 e. The Balaban J connectivity index is 1.91. The first-order valence-electron chi connectivity index (χ1n) is 6.45. The molecule has 0 amide bonds. The van der Waals surface area contributed by atoms with Gasteiger partial charge < -0.3 is 10.1 Å². The number of ether oxygens (including phenoxy) is 1. The van der Waals surface area contributed by atoms with E-state index in [0.717, 1.165) is 24.9 Å². The fourth-order valence-electron chi connectivity index (χ4n) is 2.07. The van der Waals surface area contributed by atoms with Crippen LogP contribution in [0.1, 0.15) is 31.4 Å². The van der Waals surface area contributed by atoms with Crippen molar-refractivity contribution in [2.24, 2.45) is 0 Å². The molecule has 0 bridgehead atoms. The zero-order valence-electron chi connectivity index (χ0n) is 10.9. The zero-order valence-corrected chi connectivity index (χ0v) is 10.9. The second kappa shape index (κ2) is 6.33. The predicted octanol–water partition coefficient (Wildman–Crippen LogP) is 2.94. The van der Waals surface area contributed by atoms with Gasteiger partial charge in [0.1, 0.15) is 6.10 Å². The lowest BCUT2D eigenvalue weighted by Crippen LogP contribution is -2.31. The van der Waals surface area contributed by atoms with E-state index in [9.17, 15) is 10.1 Å². The molecule has 2 unspecified atom stereocenters. The molecule has 0 aliphatic carbocycles. The second-order valence-corrected chi connectivity index (χ2v) is 4.69. The van der Waals surface area contributed by atoms with E-state index in [0.29, 0.717) is 0 Å². The fraction of sp³-hybridized carbons (Fsp3) is 0.429. The molecule has 0 radical (unpaired) electrons. The highest BCUT2D eigenvalue weighted by Crippen LogP contribution is 2.19. The van der Waals surface area contributed by atoms with E-state index in [1.54, 1.807) is 18.4 Å². The average Bonchev–Trinajstić information content (AvgIpc) is 2.46. The van der Waals surface area contributed by atoms with Gasteiger partial charge in [0.15, 0.2) is 0 Å². The van der Waals surface area contributed by atoms with E-state index >= 15 is 0 Å². The third-order valence-corrected chi connectivity index (χ3v) is 3.26. The number of non-ortho nitro benzene ring substituents is 1.